The molecule has 0 radical (unpaired) electrons. The highest BCUT2D eigenvalue weighted by Gasteiger charge is 2.37. The number of methoxy groups -OCH3 is 2. The van der Waals surface area contributed by atoms with Crippen LogP contribution in [0.2, 0.25) is 0 Å². The summed E-state index contributed by atoms with van der Waals surface area (Å²) in [6, 6.07) is 12.8. The number of aliphatic imine (C=N–C) groups is 1. The van der Waals surface area contributed by atoms with Gasteiger partial charge >= 0.3 is 0 Å². The van der Waals surface area contributed by atoms with Crippen LogP contribution in [0.3, 0.4) is 0 Å². The molecule has 2 aromatic carbocycles. The van der Waals surface area contributed by atoms with Crippen molar-refractivity contribution in [3.8, 4) is 23.0 Å². The molecule has 182 valence electrons. The van der Waals surface area contributed by atoms with E-state index in [-0.39, 0.29) is 11.4 Å². The van der Waals surface area contributed by atoms with E-state index in [4.69, 9.17) is 24.4 Å². The molecule has 0 atom stereocenters. The van der Waals surface area contributed by atoms with Crippen LogP contribution in [0.5, 0.6) is 23.0 Å². The number of benzene rings is 2. The summed E-state index contributed by atoms with van der Waals surface area (Å²) in [7, 11) is 3.18. The summed E-state index contributed by atoms with van der Waals surface area (Å²) in [5, 5.41) is 9.54. The quantitative estimate of drug-likeness (QED) is 0.298. The van der Waals surface area contributed by atoms with E-state index >= 15 is 0 Å². The van der Waals surface area contributed by atoms with Gasteiger partial charge in [0, 0.05) is 6.42 Å². The number of carbonyl (C=O) groups is 1. The summed E-state index contributed by atoms with van der Waals surface area (Å²) in [4.78, 5) is 18.2. The lowest BCUT2D eigenvalue weighted by Gasteiger charge is -2.23. The predicted molar refractivity (Wildman–Crippen MR) is 140 cm³/mol. The van der Waals surface area contributed by atoms with Gasteiger partial charge in [-0.25, -0.2) is 4.90 Å². The normalized spacial score (nSPS) is 16.1. The molecule has 4 rings (SSSR count). The smallest absolute Gasteiger partial charge is 0.283 e. The van der Waals surface area contributed by atoms with Crippen molar-refractivity contribution in [3.05, 3.63) is 53.6 Å². The third-order valence-electron chi connectivity index (χ3n) is 5.05. The fourth-order valence-electron chi connectivity index (χ4n) is 3.30. The third kappa shape index (κ3) is 5.63. The van der Waals surface area contributed by atoms with Gasteiger partial charge in [0.1, 0.15) is 17.3 Å². The van der Waals surface area contributed by atoms with E-state index in [1.165, 1.54) is 11.8 Å². The summed E-state index contributed by atoms with van der Waals surface area (Å²) in [5.74, 6) is 2.23. The SMILES string of the molecule is COc1ccc(OCCCOc2ccc(/C=C3/C(=N)N4C(SC)=NSC4=NC3=O)cc2OC)cc1. The second kappa shape index (κ2) is 11.3. The first-order chi connectivity index (χ1) is 17.0. The minimum atomic E-state index is -0.470. The number of hydrogen-bond donors (Lipinski definition) is 1. The molecule has 0 unspecified atom stereocenters. The molecule has 1 N–H and O–H groups in total. The average molecular weight is 513 g/mol. The van der Waals surface area contributed by atoms with Gasteiger partial charge in [-0.2, -0.15) is 9.39 Å². The van der Waals surface area contributed by atoms with Crippen LogP contribution < -0.4 is 18.9 Å². The van der Waals surface area contributed by atoms with Gasteiger partial charge in [-0.1, -0.05) is 17.8 Å². The van der Waals surface area contributed by atoms with Crippen molar-refractivity contribution < 1.29 is 23.7 Å². The highest BCUT2D eigenvalue weighted by atomic mass is 32.2. The monoisotopic (exact) mass is 512 g/mol. The first-order valence-electron chi connectivity index (χ1n) is 10.6. The van der Waals surface area contributed by atoms with Crippen LogP contribution in [0.25, 0.3) is 6.08 Å². The number of fused-ring (bicyclic) bond motifs is 1. The van der Waals surface area contributed by atoms with Crippen molar-refractivity contribution in [1.29, 1.82) is 5.41 Å². The van der Waals surface area contributed by atoms with E-state index in [2.05, 4.69) is 9.39 Å². The molecule has 0 fully saturated rings. The number of amides is 1. The van der Waals surface area contributed by atoms with Gasteiger partial charge in [0.2, 0.25) is 5.17 Å². The van der Waals surface area contributed by atoms with Gasteiger partial charge in [-0.05, 0) is 54.3 Å². The summed E-state index contributed by atoms with van der Waals surface area (Å²) in [6.45, 7) is 0.943. The molecule has 0 saturated heterocycles. The Labute approximate surface area is 211 Å². The lowest BCUT2D eigenvalue weighted by Crippen LogP contribution is -2.41. The third-order valence-corrected chi connectivity index (χ3v) is 6.51. The molecule has 0 bridgehead atoms. The summed E-state index contributed by atoms with van der Waals surface area (Å²) >= 11 is 2.49. The molecule has 2 aliphatic heterocycles. The number of carbonyl (C=O) groups excluding carboxylic acids is 1. The Balaban J connectivity index is 1.37. The topological polar surface area (TPSA) is 106 Å². The zero-order valence-electron chi connectivity index (χ0n) is 19.4. The van der Waals surface area contributed by atoms with E-state index in [1.807, 2.05) is 30.5 Å². The maximum Gasteiger partial charge on any atom is 0.283 e. The van der Waals surface area contributed by atoms with Gasteiger partial charge in [0.25, 0.3) is 5.91 Å². The Kier molecular flexibility index (Phi) is 7.98. The minimum absolute atomic E-state index is 0.0502. The van der Waals surface area contributed by atoms with Crippen molar-refractivity contribution in [2.45, 2.75) is 6.42 Å². The molecule has 2 aliphatic rings. The summed E-state index contributed by atoms with van der Waals surface area (Å²) in [5.41, 5.74) is 0.877. The molecular formula is C24H24N4O5S2. The fourth-order valence-corrected chi connectivity index (χ4v) is 4.75. The number of amidine groups is 3. The second-order valence-corrected chi connectivity index (χ2v) is 8.75. The van der Waals surface area contributed by atoms with Crippen LogP contribution in [0, 0.1) is 5.41 Å². The van der Waals surface area contributed by atoms with Crippen molar-refractivity contribution in [2.75, 3.05) is 33.7 Å². The van der Waals surface area contributed by atoms with Crippen LogP contribution in [-0.2, 0) is 4.79 Å². The van der Waals surface area contributed by atoms with Crippen LogP contribution in [0.15, 0.2) is 57.4 Å². The highest BCUT2D eigenvalue weighted by Crippen LogP contribution is 2.33. The number of ether oxygens (including phenoxy) is 4. The number of thioether (sulfide) groups is 1. The maximum absolute atomic E-state index is 12.5. The van der Waals surface area contributed by atoms with Crippen LogP contribution in [0.4, 0.5) is 0 Å². The number of hydrogen-bond acceptors (Lipinski definition) is 9. The zero-order chi connectivity index (χ0) is 24.8. The van der Waals surface area contributed by atoms with E-state index in [0.717, 1.165) is 23.4 Å². The van der Waals surface area contributed by atoms with E-state index < -0.39 is 5.91 Å². The Bertz CT molecular complexity index is 1210. The first-order valence-corrected chi connectivity index (χ1v) is 12.6. The lowest BCUT2D eigenvalue weighted by atomic mass is 10.1. The maximum atomic E-state index is 12.5. The standard InChI is InChI=1S/C24H24N4O5S2/c1-30-16-6-8-17(9-7-16)32-11-4-12-33-19-10-5-15(14-20(19)31-2)13-18-21(25)28-23(26-22(18)29)35-27-24(28)34-3/h5-10,13-14,25H,4,11-12H2,1-3H3/b18-13-,25-21?. The van der Waals surface area contributed by atoms with Gasteiger partial charge < -0.3 is 18.9 Å². The molecule has 11 heteroatoms. The van der Waals surface area contributed by atoms with Gasteiger partial charge in [0.05, 0.1) is 45.0 Å². The molecule has 1 amide bonds. The molecule has 2 aromatic rings. The largest absolute Gasteiger partial charge is 0.497 e. The molecule has 35 heavy (non-hydrogen) atoms. The van der Waals surface area contributed by atoms with Gasteiger partial charge in [-0.15, -0.1) is 0 Å². The van der Waals surface area contributed by atoms with E-state index in [0.29, 0.717) is 47.0 Å². The lowest BCUT2D eigenvalue weighted by molar-refractivity contribution is -0.114. The number of nitrogens with zero attached hydrogens (tertiary/aromatic N) is 3. The Hall–Kier alpha value is -3.44. The van der Waals surface area contributed by atoms with Crippen LogP contribution >= 0.6 is 23.7 Å². The van der Waals surface area contributed by atoms with Crippen molar-refractivity contribution in [1.82, 2.24) is 4.90 Å². The second-order valence-electron chi connectivity index (χ2n) is 7.25. The minimum Gasteiger partial charge on any atom is -0.497 e. The zero-order valence-corrected chi connectivity index (χ0v) is 21.1. The molecule has 0 aliphatic carbocycles. The van der Waals surface area contributed by atoms with Crippen molar-refractivity contribution in [3.63, 3.8) is 0 Å². The number of nitrogens with one attached hydrogen (secondary N) is 1. The summed E-state index contributed by atoms with van der Waals surface area (Å²) in [6.07, 6.45) is 4.17. The van der Waals surface area contributed by atoms with Gasteiger partial charge in [0.15, 0.2) is 16.7 Å². The van der Waals surface area contributed by atoms with Crippen LogP contribution in [-0.4, -0.2) is 60.7 Å². The molecule has 0 spiro atoms. The molecule has 0 aromatic heterocycles. The molecule has 0 saturated carbocycles. The van der Waals surface area contributed by atoms with Crippen molar-refractivity contribution in [2.24, 2.45) is 9.39 Å². The predicted octanol–water partition coefficient (Wildman–Crippen LogP) is 4.49. The average Bonchev–Trinajstić information content (AvgIpc) is 3.30. The molecule has 2 heterocycles. The van der Waals surface area contributed by atoms with Gasteiger partial charge in [-0.3, -0.25) is 10.2 Å². The fraction of sp³-hybridized carbons (Fsp3) is 0.250. The summed E-state index contributed by atoms with van der Waals surface area (Å²) < 4.78 is 26.5. The molecule has 9 nitrogen and oxygen atoms in total. The molecular weight excluding hydrogens is 488 g/mol. The Morgan fingerprint density at radius 2 is 1.77 bits per heavy atom. The number of rotatable bonds is 9. The Morgan fingerprint density at radius 3 is 2.49 bits per heavy atom. The van der Waals surface area contributed by atoms with E-state index in [1.54, 1.807) is 43.4 Å². The van der Waals surface area contributed by atoms with Crippen molar-refractivity contribution >= 4 is 51.9 Å². The highest BCUT2D eigenvalue weighted by molar-refractivity contribution is 8.18. The van der Waals surface area contributed by atoms with E-state index in [9.17, 15) is 4.79 Å². The Morgan fingerprint density at radius 1 is 1.03 bits per heavy atom. The van der Waals surface area contributed by atoms with Crippen LogP contribution in [0.1, 0.15) is 12.0 Å². The first kappa shape index (κ1) is 24.7.